The topological polar surface area (TPSA) is 461 Å². The molecule has 9 N–H and O–H groups in total. The molecule has 14 aromatic rings. The number of ether oxygens (including phenoxy) is 1. The van der Waals surface area contributed by atoms with Crippen LogP contribution < -0.4 is 37.5 Å². The molecule has 548 valence electrons. The number of aromatic hydroxyl groups is 1. The molecule has 0 saturated heterocycles. The number of nitrogens with one attached hydrogen (secondary N) is 2. The number of anilines is 4. The van der Waals surface area contributed by atoms with Crippen molar-refractivity contribution >= 4 is 139 Å². The average molecular weight is 1560 g/mol. The van der Waals surface area contributed by atoms with Crippen molar-refractivity contribution < 1.29 is 29.0 Å². The standard InChI is InChI=1S/2C15H14ClN5O.C15H12ClN5.C7H2Cl2N4.C7H4N4O2.C6H10O3.C4H4N4/c2*1-20(9-10-5-3-2-4-6-10)13-7-12(16)19-15-11(14(17)22)8-18-21(13)15;1-20(10-11-5-3-2-4-6-11)14-7-13(16)19-15-12(8-17)9-18-21(14)15;8-5-1-6(9)13-7(12-5)4(2-10)3-11-13;8-2-4-3-9-11-6(13)1-5(12)10-7(4)11;1-3-9-6(8)4-5(2)7;1-6-3-2-7-8-4(3)5/h2*2-8H,9H2,1H3,(H2,17,22);2-7,9H,10H2,1H3;1,3H;1,3,13H,(H,10,12);3-4H2,1-2H3;2H,(H3,5,7,8). The van der Waals surface area contributed by atoms with E-state index in [0.717, 1.165) is 39.2 Å². The molecule has 0 spiro atoms. The summed E-state index contributed by atoms with van der Waals surface area (Å²) in [6.07, 6.45) is 8.26. The smallest absolute Gasteiger partial charge is 0.313 e. The number of nitrogens with zero attached hydrogens (tertiary/aromatic N) is 22. The van der Waals surface area contributed by atoms with E-state index in [1.807, 2.05) is 127 Å². The molecule has 39 heteroatoms. The molecule has 3 aromatic carbocycles. The van der Waals surface area contributed by atoms with Gasteiger partial charge >= 0.3 is 5.97 Å². The highest BCUT2D eigenvalue weighted by Gasteiger charge is 2.20. The normalized spacial score (nSPS) is 10.2. The van der Waals surface area contributed by atoms with Gasteiger partial charge in [-0.25, -0.2) is 29.3 Å². The number of nitrogen functional groups attached to an aromatic ring is 1. The summed E-state index contributed by atoms with van der Waals surface area (Å²) in [5.41, 5.74) is 22.5. The Bertz CT molecular complexity index is 5640. The number of benzene rings is 3. The summed E-state index contributed by atoms with van der Waals surface area (Å²) >= 11 is 29.7. The van der Waals surface area contributed by atoms with Crippen LogP contribution in [0.5, 0.6) is 5.88 Å². The van der Waals surface area contributed by atoms with Gasteiger partial charge in [-0.3, -0.25) is 29.1 Å². The van der Waals surface area contributed by atoms with E-state index >= 15 is 0 Å². The largest absolute Gasteiger partial charge is 0.493 e. The zero-order chi connectivity index (χ0) is 78.3. The Morgan fingerprint density at radius 1 is 0.565 bits per heavy atom. The van der Waals surface area contributed by atoms with Gasteiger partial charge in [-0.05, 0) is 30.5 Å². The molecule has 0 radical (unpaired) electrons. The Morgan fingerprint density at radius 3 is 1.32 bits per heavy atom. The van der Waals surface area contributed by atoms with E-state index in [2.05, 4.69) is 88.4 Å². The molecule has 0 aliphatic heterocycles. The average Bonchev–Trinajstić information content (AvgIpc) is 1.62. The van der Waals surface area contributed by atoms with E-state index in [4.69, 9.17) is 97.6 Å². The van der Waals surface area contributed by atoms with E-state index in [-0.39, 0.29) is 55.9 Å². The third-order valence-corrected chi connectivity index (χ3v) is 15.5. The summed E-state index contributed by atoms with van der Waals surface area (Å²) in [6.45, 7) is 11.9. The molecular weight excluding hydrogens is 1500 g/mol. The maximum absolute atomic E-state index is 11.4. The number of hydrogen-bond donors (Lipinski definition) is 6. The van der Waals surface area contributed by atoms with Crippen LogP contribution in [0.1, 0.15) is 74.4 Å². The Kier molecular flexibility index (Phi) is 27.9. The van der Waals surface area contributed by atoms with Gasteiger partial charge in [-0.15, -0.1) is 0 Å². The number of primary amides is 2. The highest BCUT2D eigenvalue weighted by atomic mass is 35.5. The summed E-state index contributed by atoms with van der Waals surface area (Å²) in [6, 6.07) is 43.6. The maximum atomic E-state index is 11.4. The molecular formula is C69H60Cl5N27O7. The van der Waals surface area contributed by atoms with E-state index in [1.54, 1.807) is 38.7 Å². The van der Waals surface area contributed by atoms with Crippen LogP contribution in [0.25, 0.3) is 33.1 Å². The van der Waals surface area contributed by atoms with Crippen LogP contribution in [-0.2, 0) is 34.0 Å². The number of H-pyrrole nitrogens is 2. The van der Waals surface area contributed by atoms with E-state index in [0.29, 0.717) is 81.8 Å². The fourth-order valence-electron chi connectivity index (χ4n) is 9.64. The molecule has 0 fully saturated rings. The summed E-state index contributed by atoms with van der Waals surface area (Å²) < 4.78 is 11.7. The van der Waals surface area contributed by atoms with Gasteiger partial charge in [0, 0.05) is 65.0 Å². The van der Waals surface area contributed by atoms with Crippen LogP contribution in [0.3, 0.4) is 0 Å². The number of carbonyl (C=O) groups is 4. The van der Waals surface area contributed by atoms with Gasteiger partial charge in [0.1, 0.15) is 107 Å². The van der Waals surface area contributed by atoms with Crippen molar-refractivity contribution in [2.75, 3.05) is 48.2 Å². The molecule has 0 saturated carbocycles. The second-order valence-electron chi connectivity index (χ2n) is 22.3. The number of rotatable bonds is 14. The molecule has 0 atom stereocenters. The van der Waals surface area contributed by atoms with Gasteiger partial charge in [0.2, 0.25) is 11.6 Å². The fourth-order valence-corrected chi connectivity index (χ4v) is 10.6. The maximum Gasteiger partial charge on any atom is 0.313 e. The number of nitrogens with two attached hydrogens (primary N) is 3. The molecule has 2 amide bonds. The molecule has 0 bridgehead atoms. The Balaban J connectivity index is 0.000000163. The van der Waals surface area contributed by atoms with Crippen LogP contribution in [0.2, 0.25) is 25.8 Å². The minimum absolute atomic E-state index is 0.103. The number of hydrogen-bond acceptors (Lipinski definition) is 24. The number of aromatic nitrogens is 17. The van der Waals surface area contributed by atoms with Gasteiger partial charge in [0.25, 0.3) is 17.4 Å². The van der Waals surface area contributed by atoms with E-state index in [1.165, 1.54) is 60.3 Å². The molecule has 0 aliphatic rings. The number of amides is 2. The molecule has 11 heterocycles. The molecule has 0 aliphatic carbocycles. The predicted octanol–water partition coefficient (Wildman–Crippen LogP) is 9.71. The molecule has 11 aromatic heterocycles. The Labute approximate surface area is 637 Å². The van der Waals surface area contributed by atoms with Crippen molar-refractivity contribution in [2.45, 2.75) is 39.9 Å². The van der Waals surface area contributed by atoms with Crippen molar-refractivity contribution in [1.29, 1.82) is 15.8 Å². The third-order valence-electron chi connectivity index (χ3n) is 14.5. The molecule has 34 nitrogen and oxygen atoms in total. The number of aromatic amines is 2. The summed E-state index contributed by atoms with van der Waals surface area (Å²) in [4.78, 5) is 82.2. The number of carbonyl (C=O) groups excluding carboxylic acids is 4. The SMILES string of the molecule is CCOC(=O)CC(C)=O.CN(Cc1ccccc1)c1cc(Cl)nc2c(C#N)cnn12.CN(Cc1ccccc1)c1cc(Cl)nc2c(C(N)=O)cnn12.CN(Cc1ccccc1)c1cc(Cl)nc2c(C(N)=O)cnn12.N#Cc1cnn2c(Cl)cc(Cl)nc12.N#Cc1cnn2c(O)cc(=O)[nH]c12.[C-]#[N+]c1cn[nH]c1N. The number of nitriles is 3. The van der Waals surface area contributed by atoms with E-state index < -0.39 is 23.3 Å². The van der Waals surface area contributed by atoms with Gasteiger partial charge in [0.05, 0.1) is 56.4 Å². The molecule has 0 unspecified atom stereocenters. The van der Waals surface area contributed by atoms with Crippen LogP contribution in [0.15, 0.2) is 163 Å². The first-order valence-corrected chi connectivity index (χ1v) is 33.1. The quantitative estimate of drug-likeness (QED) is 0.0255. The number of esters is 1. The number of ketones is 1. The summed E-state index contributed by atoms with van der Waals surface area (Å²) in [5.74, 6) is 0.523. The van der Waals surface area contributed by atoms with Crippen LogP contribution in [-0.4, -0.2) is 140 Å². The fraction of sp³-hybridized carbons (Fsp3) is 0.145. The van der Waals surface area contributed by atoms with Crippen molar-refractivity contribution in [3.8, 4) is 24.1 Å². The second kappa shape index (κ2) is 37.6. The van der Waals surface area contributed by atoms with Gasteiger partial charge in [-0.2, -0.15) is 64.4 Å². The Morgan fingerprint density at radius 2 is 0.944 bits per heavy atom. The lowest BCUT2D eigenvalue weighted by Gasteiger charge is -2.20. The summed E-state index contributed by atoms with van der Waals surface area (Å²) in [7, 11) is 5.79. The highest BCUT2D eigenvalue weighted by Crippen LogP contribution is 2.27. The van der Waals surface area contributed by atoms with Gasteiger partial charge in [-0.1, -0.05) is 149 Å². The minimum Gasteiger partial charge on any atom is -0.493 e. The van der Waals surface area contributed by atoms with Crippen molar-refractivity contribution in [3.05, 3.63) is 251 Å². The van der Waals surface area contributed by atoms with Crippen LogP contribution in [0.4, 0.5) is 29.0 Å². The minimum atomic E-state index is -0.582. The highest BCUT2D eigenvalue weighted by molar-refractivity contribution is 6.33. The first-order chi connectivity index (χ1) is 51.7. The Hall–Kier alpha value is -13.7. The van der Waals surface area contributed by atoms with Gasteiger partial charge < -0.3 is 46.7 Å². The zero-order valence-corrected chi connectivity index (χ0v) is 61.2. The second-order valence-corrected chi connectivity index (χ2v) is 24.2. The lowest BCUT2D eigenvalue weighted by Crippen LogP contribution is -2.20. The monoisotopic (exact) mass is 1550 g/mol. The van der Waals surface area contributed by atoms with E-state index in [9.17, 15) is 29.1 Å². The number of Topliss-reactive ketones (excluding diaryl/α,β-unsaturated/α-hetero) is 1. The third kappa shape index (κ3) is 20.8. The van der Waals surface area contributed by atoms with Crippen LogP contribution in [0, 0.1) is 40.6 Å². The zero-order valence-electron chi connectivity index (χ0n) is 57.4. The lowest BCUT2D eigenvalue weighted by atomic mass is 10.2. The number of halogens is 5. The lowest BCUT2D eigenvalue weighted by molar-refractivity contribution is -0.145. The summed E-state index contributed by atoms with van der Waals surface area (Å²) in [5, 5.41) is 63.2. The van der Waals surface area contributed by atoms with Crippen molar-refractivity contribution in [3.63, 3.8) is 0 Å². The predicted molar refractivity (Wildman–Crippen MR) is 402 cm³/mol. The molecule has 14 rings (SSSR count). The van der Waals surface area contributed by atoms with Crippen molar-refractivity contribution in [2.24, 2.45) is 11.5 Å². The van der Waals surface area contributed by atoms with Crippen molar-refractivity contribution in [1.82, 2.24) is 83.2 Å². The van der Waals surface area contributed by atoms with Gasteiger partial charge in [0.15, 0.2) is 28.2 Å². The first kappa shape index (κ1) is 80.0. The van der Waals surface area contributed by atoms with Crippen LogP contribution >= 0.6 is 58.0 Å². The molecule has 108 heavy (non-hydrogen) atoms. The number of fused-ring (bicyclic) bond motifs is 5. The first-order valence-electron chi connectivity index (χ1n) is 31.3.